The van der Waals surface area contributed by atoms with Gasteiger partial charge in [-0.2, -0.15) is 0 Å². The van der Waals surface area contributed by atoms with E-state index in [-0.39, 0.29) is 0 Å². The Balaban J connectivity index is 0. The van der Waals surface area contributed by atoms with Crippen molar-refractivity contribution in [2.75, 3.05) is 40.5 Å². The molecule has 0 aromatic heterocycles. The molecule has 0 radical (unpaired) electrons. The first-order valence-electron chi connectivity index (χ1n) is 34.6. The van der Waals surface area contributed by atoms with Crippen LogP contribution in [0.3, 0.4) is 0 Å². The molecule has 0 aliphatic carbocycles. The van der Waals surface area contributed by atoms with E-state index in [0.29, 0.717) is 19.8 Å². The van der Waals surface area contributed by atoms with Crippen LogP contribution >= 0.6 is 7.82 Å². The van der Waals surface area contributed by atoms with Gasteiger partial charge in [0.1, 0.15) is 0 Å². The van der Waals surface area contributed by atoms with E-state index in [1.54, 1.807) is 0 Å². The molecule has 0 saturated carbocycles. The standard InChI is InChI=1S/C54H111O4P.C14H31N/c1-4-7-10-13-16-19-22-25-28-31-34-37-40-43-46-49-52-56-59(55,57-53-50-47-44-41-38-35-32-29-26-23-20-17-14-11-8-5-2)58-54-51-48-45-42-39-36-33-30-27-24-21-18-15-12-9-6-3;1-4-5-6-7-8-9-10-11-12-13-14-15(2)3/h4-54H2,1-3H3;4-14H2,1-3H3. The zero-order chi connectivity index (χ0) is 54.0. The molecule has 0 aromatic carbocycles. The Morgan fingerprint density at radius 3 is 0.500 bits per heavy atom. The number of unbranched alkanes of at least 4 members (excludes halogenated alkanes) is 54. The molecule has 0 heterocycles. The maximum Gasteiger partial charge on any atom is 0.474 e. The third kappa shape index (κ3) is 70.1. The number of hydrogen-bond donors (Lipinski definition) is 0. The Kier molecular flexibility index (Phi) is 71.2. The fraction of sp³-hybridized carbons (Fsp3) is 1.00. The van der Waals surface area contributed by atoms with E-state index in [9.17, 15) is 4.57 Å². The van der Waals surface area contributed by atoms with Crippen molar-refractivity contribution in [3.05, 3.63) is 0 Å². The van der Waals surface area contributed by atoms with Gasteiger partial charge < -0.3 is 4.90 Å². The lowest BCUT2D eigenvalue weighted by molar-refractivity contribution is 0.108. The lowest BCUT2D eigenvalue weighted by atomic mass is 10.0. The predicted octanol–water partition coefficient (Wildman–Crippen LogP) is 25.4. The minimum Gasteiger partial charge on any atom is -0.309 e. The quantitative estimate of drug-likeness (QED) is 0.0449. The summed E-state index contributed by atoms with van der Waals surface area (Å²) in [6.45, 7) is 11.9. The Bertz CT molecular complexity index is 910. The Morgan fingerprint density at radius 1 is 0.216 bits per heavy atom. The summed E-state index contributed by atoms with van der Waals surface area (Å²) < 4.78 is 31.4. The van der Waals surface area contributed by atoms with Crippen molar-refractivity contribution < 1.29 is 18.1 Å². The maximum absolute atomic E-state index is 13.6. The summed E-state index contributed by atoms with van der Waals surface area (Å²) >= 11 is 0. The van der Waals surface area contributed by atoms with Crippen molar-refractivity contribution in [2.24, 2.45) is 0 Å². The monoisotopic (exact) mass is 1070 g/mol. The molecule has 0 amide bonds. The molecule has 0 aromatic rings. The van der Waals surface area contributed by atoms with Gasteiger partial charge in [0, 0.05) is 0 Å². The summed E-state index contributed by atoms with van der Waals surface area (Å²) in [5, 5.41) is 0. The van der Waals surface area contributed by atoms with Crippen molar-refractivity contribution in [1.29, 1.82) is 0 Å². The number of phosphoric ester groups is 1. The second-order valence-corrected chi connectivity index (χ2v) is 25.5. The van der Waals surface area contributed by atoms with Gasteiger partial charge in [0.05, 0.1) is 19.8 Å². The topological polar surface area (TPSA) is 48.0 Å². The number of nitrogens with zero attached hydrogens (tertiary/aromatic N) is 1. The molecule has 0 fully saturated rings. The summed E-state index contributed by atoms with van der Waals surface area (Å²) in [6, 6.07) is 0. The first-order valence-corrected chi connectivity index (χ1v) is 36.1. The van der Waals surface area contributed by atoms with E-state index in [0.717, 1.165) is 38.5 Å². The average molecular weight is 1070 g/mol. The van der Waals surface area contributed by atoms with Gasteiger partial charge >= 0.3 is 7.82 Å². The zero-order valence-electron chi connectivity index (χ0n) is 52.4. The second-order valence-electron chi connectivity index (χ2n) is 23.8. The molecule has 74 heavy (non-hydrogen) atoms. The van der Waals surface area contributed by atoms with Crippen LogP contribution in [0.2, 0.25) is 0 Å². The van der Waals surface area contributed by atoms with Gasteiger partial charge in [-0.25, -0.2) is 4.57 Å². The highest BCUT2D eigenvalue weighted by Crippen LogP contribution is 2.50. The maximum atomic E-state index is 13.6. The molecule has 0 aliphatic rings. The molecule has 0 spiro atoms. The molecule has 0 saturated heterocycles. The minimum absolute atomic E-state index is 0.480. The van der Waals surface area contributed by atoms with Crippen LogP contribution in [-0.2, 0) is 18.1 Å². The van der Waals surface area contributed by atoms with Gasteiger partial charge in [0.2, 0.25) is 0 Å². The van der Waals surface area contributed by atoms with E-state index in [2.05, 4.69) is 46.7 Å². The van der Waals surface area contributed by atoms with Gasteiger partial charge in [-0.15, -0.1) is 0 Å². The van der Waals surface area contributed by atoms with Crippen LogP contribution in [-0.4, -0.2) is 45.4 Å². The molecule has 0 bridgehead atoms. The third-order valence-electron chi connectivity index (χ3n) is 15.7. The first kappa shape index (κ1) is 76.1. The van der Waals surface area contributed by atoms with Gasteiger partial charge in [-0.1, -0.05) is 374 Å². The number of phosphoric acid groups is 1. The van der Waals surface area contributed by atoms with E-state index < -0.39 is 7.82 Å². The normalized spacial score (nSPS) is 11.8. The Labute approximate surface area is 469 Å². The van der Waals surface area contributed by atoms with Crippen LogP contribution < -0.4 is 0 Å². The molecule has 448 valence electrons. The molecule has 0 atom stereocenters. The summed E-state index contributed by atoms with van der Waals surface area (Å²) in [7, 11) is 0.832. The average Bonchev–Trinajstić information content (AvgIpc) is 3.39. The number of rotatable bonds is 65. The molecular formula is C68H142NO4P. The summed E-state index contributed by atoms with van der Waals surface area (Å²) in [4.78, 5) is 2.28. The van der Waals surface area contributed by atoms with Crippen molar-refractivity contribution in [3.8, 4) is 0 Å². The third-order valence-corrected chi connectivity index (χ3v) is 17.2. The van der Waals surface area contributed by atoms with Gasteiger partial charge in [0.25, 0.3) is 0 Å². The highest BCUT2D eigenvalue weighted by molar-refractivity contribution is 7.48. The minimum atomic E-state index is -3.49. The molecule has 0 N–H and O–H groups in total. The van der Waals surface area contributed by atoms with Gasteiger partial charge in [-0.05, 0) is 46.3 Å². The molecule has 0 unspecified atom stereocenters. The smallest absolute Gasteiger partial charge is 0.309 e. The van der Waals surface area contributed by atoms with Crippen LogP contribution in [0.1, 0.15) is 400 Å². The summed E-state index contributed by atoms with van der Waals surface area (Å²) in [5.74, 6) is 0. The van der Waals surface area contributed by atoms with E-state index in [1.165, 1.54) is 340 Å². The van der Waals surface area contributed by atoms with Crippen LogP contribution in [0.25, 0.3) is 0 Å². The van der Waals surface area contributed by atoms with E-state index >= 15 is 0 Å². The molecular weight excluding hydrogens is 926 g/mol. The van der Waals surface area contributed by atoms with Crippen molar-refractivity contribution in [1.82, 2.24) is 4.90 Å². The molecule has 5 nitrogen and oxygen atoms in total. The van der Waals surface area contributed by atoms with E-state index in [4.69, 9.17) is 13.6 Å². The van der Waals surface area contributed by atoms with Crippen molar-refractivity contribution in [2.45, 2.75) is 400 Å². The molecule has 6 heteroatoms. The second kappa shape index (κ2) is 69.2. The SMILES string of the molecule is CCCCCCCCCCCCCCCCCCOP(=O)(OCCCCCCCCCCCCCCCCCC)OCCCCCCCCCCCCCCCCCC.CCCCCCCCCCCCN(C)C. The fourth-order valence-corrected chi connectivity index (χ4v) is 11.8. The lowest BCUT2D eigenvalue weighted by Crippen LogP contribution is -2.12. The highest BCUT2D eigenvalue weighted by Gasteiger charge is 2.26. The zero-order valence-corrected chi connectivity index (χ0v) is 53.3. The van der Waals surface area contributed by atoms with Gasteiger partial charge in [-0.3, -0.25) is 13.6 Å². The largest absolute Gasteiger partial charge is 0.474 e. The summed E-state index contributed by atoms with van der Waals surface area (Å²) in [5.41, 5.74) is 0. The Hall–Kier alpha value is 0.0700. The summed E-state index contributed by atoms with van der Waals surface area (Å²) in [6.07, 6.45) is 78.9. The van der Waals surface area contributed by atoms with Crippen LogP contribution in [0.15, 0.2) is 0 Å². The number of hydrogen-bond acceptors (Lipinski definition) is 5. The van der Waals surface area contributed by atoms with Crippen LogP contribution in [0.5, 0.6) is 0 Å². The van der Waals surface area contributed by atoms with E-state index in [1.807, 2.05) is 0 Å². The van der Waals surface area contributed by atoms with Crippen molar-refractivity contribution >= 4 is 7.82 Å². The molecule has 0 aliphatic heterocycles. The van der Waals surface area contributed by atoms with Crippen molar-refractivity contribution in [3.63, 3.8) is 0 Å². The fourth-order valence-electron chi connectivity index (χ4n) is 10.5. The molecule has 0 rings (SSSR count). The Morgan fingerprint density at radius 2 is 0.351 bits per heavy atom. The van der Waals surface area contributed by atoms with Crippen LogP contribution in [0.4, 0.5) is 0 Å². The van der Waals surface area contributed by atoms with Crippen LogP contribution in [0, 0.1) is 0 Å². The first-order chi connectivity index (χ1) is 36.5. The predicted molar refractivity (Wildman–Crippen MR) is 334 cm³/mol. The lowest BCUT2D eigenvalue weighted by Gasteiger charge is -2.18. The highest BCUT2D eigenvalue weighted by atomic mass is 31.2. The van der Waals surface area contributed by atoms with Gasteiger partial charge in [0.15, 0.2) is 0 Å².